The van der Waals surface area contributed by atoms with Gasteiger partial charge in [0.15, 0.2) is 0 Å². The number of rotatable bonds is 6. The normalized spacial score (nSPS) is 10.2. The predicted molar refractivity (Wildman–Crippen MR) is 126 cm³/mol. The van der Waals surface area contributed by atoms with Gasteiger partial charge < -0.3 is 26.5 Å². The smallest absolute Gasteiger partial charge is 1.00 e. The first-order valence-electron chi connectivity index (χ1n) is 9.53. The van der Waals surface area contributed by atoms with E-state index >= 15 is 0 Å². The molecule has 168 valence electrons. The number of carbonyl (C=O) groups excluding carboxylic acids is 2. The van der Waals surface area contributed by atoms with Crippen molar-refractivity contribution in [1.29, 1.82) is 0 Å². The van der Waals surface area contributed by atoms with Crippen LogP contribution in [0.3, 0.4) is 0 Å². The van der Waals surface area contributed by atoms with E-state index < -0.39 is 10.8 Å². The summed E-state index contributed by atoms with van der Waals surface area (Å²) in [6.07, 6.45) is 0. The second-order valence-corrected chi connectivity index (χ2v) is 7.79. The molecule has 6 heteroatoms. The average Bonchev–Trinajstić information content (AvgIpc) is 2.78. The monoisotopic (exact) mass is 600 g/mol. The summed E-state index contributed by atoms with van der Waals surface area (Å²) in [6.45, 7) is 18.9. The van der Waals surface area contributed by atoms with E-state index in [9.17, 15) is 9.59 Å². The van der Waals surface area contributed by atoms with Gasteiger partial charge in [-0.15, -0.1) is 0 Å². The largest absolute Gasteiger partial charge is 1.00 e. The molecule has 0 fully saturated rings. The van der Waals surface area contributed by atoms with Crippen LogP contribution in [0.4, 0.5) is 0 Å². The number of ether oxygens (including phenoxy) is 2. The maximum atomic E-state index is 11.5. The molecule has 0 spiro atoms. The van der Waals surface area contributed by atoms with Crippen molar-refractivity contribution in [3.8, 4) is 0 Å². The van der Waals surface area contributed by atoms with Crippen LogP contribution < -0.4 is 17.0 Å². The summed E-state index contributed by atoms with van der Waals surface area (Å²) in [5, 5.41) is 0. The van der Waals surface area contributed by atoms with Gasteiger partial charge in [-0.05, 0) is 50.0 Å². The molecule has 0 saturated heterocycles. The molecule has 32 heavy (non-hydrogen) atoms. The molecule has 0 bridgehead atoms. The zero-order valence-electron chi connectivity index (χ0n) is 19.5. The number of benzene rings is 2. The Bertz CT molecular complexity index is 815. The summed E-state index contributed by atoms with van der Waals surface area (Å²) < 4.78 is 9.44. The topological polar surface area (TPSA) is 52.6 Å². The van der Waals surface area contributed by atoms with E-state index in [-0.39, 0.29) is 54.8 Å². The van der Waals surface area contributed by atoms with Crippen molar-refractivity contribution in [2.45, 2.75) is 27.7 Å². The molecular weight excluding hydrogens is 571 g/mol. The molecule has 0 aliphatic carbocycles. The van der Waals surface area contributed by atoms with E-state index in [1.54, 1.807) is 27.7 Å². The molecule has 0 aliphatic heterocycles. The summed E-state index contributed by atoms with van der Waals surface area (Å²) in [5.41, 5.74) is 1.16. The molecule has 2 rings (SSSR count). The third-order valence-corrected chi connectivity index (χ3v) is 4.91. The third-order valence-electron chi connectivity index (χ3n) is 4.91. The van der Waals surface area contributed by atoms with Gasteiger partial charge in [-0.1, -0.05) is 73.8 Å². The van der Waals surface area contributed by atoms with Crippen LogP contribution in [0, 0.1) is 24.0 Å². The van der Waals surface area contributed by atoms with E-state index in [1.807, 2.05) is 60.7 Å². The van der Waals surface area contributed by atoms with Crippen LogP contribution in [0.5, 0.6) is 0 Å². The minimum absolute atomic E-state index is 0. The van der Waals surface area contributed by atoms with E-state index in [1.165, 1.54) is 14.2 Å². The number of hydrogen-bond donors (Lipinski definition) is 0. The Labute approximate surface area is 221 Å². The van der Waals surface area contributed by atoms with Gasteiger partial charge in [0.2, 0.25) is 0 Å². The number of hydrogen-bond acceptors (Lipinski definition) is 4. The Kier molecular flexibility index (Phi) is 14.6. The third kappa shape index (κ3) is 8.28. The van der Waals surface area contributed by atoms with Gasteiger partial charge in [0.25, 0.3) is 0 Å². The summed E-state index contributed by atoms with van der Waals surface area (Å²) in [7, 11) is 2.73. The molecule has 2 aromatic carbocycles. The fourth-order valence-electron chi connectivity index (χ4n) is 2.69. The Balaban J connectivity index is 0. The molecule has 4 radical (unpaired) electrons. The van der Waals surface area contributed by atoms with Gasteiger partial charge in [-0.3, -0.25) is 9.59 Å². The van der Waals surface area contributed by atoms with Crippen molar-refractivity contribution in [2.24, 2.45) is 10.8 Å². The van der Waals surface area contributed by atoms with Gasteiger partial charge in [-0.25, -0.2) is 0 Å². The van der Waals surface area contributed by atoms with E-state index in [4.69, 9.17) is 22.6 Å². The fraction of sp³-hybridized carbons (Fsp3) is 0.308. The standard InChI is InChI=1S/2C13H15O2.BrH.In/c2*1-10(11-8-6-5-7-9-11)13(2,3)12(14)15-4;;/h2*1,5-9H,2-4H3;1H;/q;;;+1/p-1. The van der Waals surface area contributed by atoms with Crippen LogP contribution >= 0.6 is 0 Å². The molecule has 4 nitrogen and oxygen atoms in total. The van der Waals surface area contributed by atoms with Crippen molar-refractivity contribution in [3.05, 3.63) is 84.9 Å². The van der Waals surface area contributed by atoms with Gasteiger partial charge >= 0.3 is 37.8 Å². The van der Waals surface area contributed by atoms with Crippen molar-refractivity contribution in [1.82, 2.24) is 0 Å². The Morgan fingerprint density at radius 3 is 1.12 bits per heavy atom. The fourth-order valence-corrected chi connectivity index (χ4v) is 2.69. The Morgan fingerprint density at radius 1 is 0.656 bits per heavy atom. The predicted octanol–water partition coefficient (Wildman–Crippen LogP) is 2.03. The number of halogens is 1. The summed E-state index contributed by atoms with van der Waals surface area (Å²) in [4.78, 5) is 23.1. The maximum Gasteiger partial charge on any atom is 1.00 e. The van der Waals surface area contributed by atoms with Gasteiger partial charge in [0.1, 0.15) is 0 Å². The minimum atomic E-state index is -0.796. The van der Waals surface area contributed by atoms with Crippen LogP contribution in [0.2, 0.25) is 0 Å². The number of methoxy groups -OCH3 is 2. The number of esters is 2. The van der Waals surface area contributed by atoms with E-state index in [2.05, 4.69) is 0 Å². The molecule has 0 amide bonds. The van der Waals surface area contributed by atoms with Crippen molar-refractivity contribution in [3.63, 3.8) is 0 Å². The summed E-state index contributed by atoms with van der Waals surface area (Å²) in [6, 6.07) is 18.8. The molecule has 0 atom stereocenters. The summed E-state index contributed by atoms with van der Waals surface area (Å²) in [5.74, 6) is -0.660. The molecule has 0 heterocycles. The van der Waals surface area contributed by atoms with Crippen LogP contribution in [0.1, 0.15) is 38.8 Å². The maximum absolute atomic E-state index is 11.5. The molecule has 0 saturated carbocycles. The SMILES string of the molecule is [Br-].[CH]=C(c1ccccc1)C(C)(C)C(=O)OC.[CH]=C(c1ccccc1)C(C)(C)C(=O)OC.[In+]. The van der Waals surface area contributed by atoms with Gasteiger partial charge in [0.05, 0.1) is 25.0 Å². The Hall–Kier alpha value is -1.79. The first kappa shape index (κ1) is 32.4. The molecule has 2 aromatic rings. The van der Waals surface area contributed by atoms with Gasteiger partial charge in [0, 0.05) is 0 Å². The van der Waals surface area contributed by atoms with Crippen molar-refractivity contribution in [2.75, 3.05) is 14.2 Å². The zero-order valence-corrected chi connectivity index (χ0v) is 24.4. The van der Waals surface area contributed by atoms with E-state index in [0.717, 1.165) is 11.1 Å². The van der Waals surface area contributed by atoms with Crippen molar-refractivity contribution >= 4 is 48.9 Å². The molecular formula is C26H30BrInO4. The van der Waals surface area contributed by atoms with Crippen LogP contribution in [-0.4, -0.2) is 52.0 Å². The first-order chi connectivity index (χ1) is 14.0. The molecule has 0 N–H and O–H groups in total. The minimum Gasteiger partial charge on any atom is -1.00 e. The zero-order chi connectivity index (χ0) is 22.9. The van der Waals surface area contributed by atoms with Crippen LogP contribution in [0.25, 0.3) is 11.1 Å². The average molecular weight is 601 g/mol. The Morgan fingerprint density at radius 2 is 0.906 bits per heavy atom. The molecule has 0 aromatic heterocycles. The van der Waals surface area contributed by atoms with Crippen molar-refractivity contribution < 1.29 is 36.0 Å². The quantitative estimate of drug-likeness (QED) is 0.476. The molecule has 0 aliphatic rings. The second kappa shape index (κ2) is 14.4. The van der Waals surface area contributed by atoms with E-state index in [0.29, 0.717) is 11.1 Å². The van der Waals surface area contributed by atoms with Gasteiger partial charge in [-0.2, -0.15) is 0 Å². The molecule has 0 unspecified atom stereocenters. The first-order valence-corrected chi connectivity index (χ1v) is 9.53. The van der Waals surface area contributed by atoms with Crippen LogP contribution in [0.15, 0.2) is 60.7 Å². The number of carbonyl (C=O) groups is 2. The van der Waals surface area contributed by atoms with Crippen LogP contribution in [-0.2, 0) is 19.1 Å². The summed E-state index contributed by atoms with van der Waals surface area (Å²) >= 11 is 0. The second-order valence-electron chi connectivity index (χ2n) is 7.79.